The van der Waals surface area contributed by atoms with Crippen molar-refractivity contribution in [1.29, 1.82) is 0 Å². The lowest BCUT2D eigenvalue weighted by atomic mass is 9.73. The lowest BCUT2D eigenvalue weighted by Gasteiger charge is -2.38. The van der Waals surface area contributed by atoms with E-state index < -0.39 is 40.6 Å². The molecule has 0 aromatic heterocycles. The maximum Gasteiger partial charge on any atom is 0.411 e. The van der Waals surface area contributed by atoms with Gasteiger partial charge in [-0.15, -0.1) is 0 Å². The second-order valence-corrected chi connectivity index (χ2v) is 7.49. The van der Waals surface area contributed by atoms with Gasteiger partial charge in [0.15, 0.2) is 5.78 Å². The van der Waals surface area contributed by atoms with Gasteiger partial charge < -0.3 is 9.47 Å². The van der Waals surface area contributed by atoms with E-state index in [0.717, 1.165) is 24.3 Å². The second-order valence-electron chi connectivity index (χ2n) is 7.49. The lowest BCUT2D eigenvalue weighted by Crippen LogP contribution is -2.54. The highest BCUT2D eigenvalue weighted by atomic mass is 19.4. The molecular weight excluding hydrogens is 478 g/mol. The Morgan fingerprint density at radius 2 is 1.09 bits per heavy atom. The monoisotopic (exact) mass is 496 g/mol. The number of ketones is 1. The van der Waals surface area contributed by atoms with Gasteiger partial charge in [-0.25, -0.2) is 4.79 Å². The number of rotatable bonds is 6. The molecule has 0 radical (unpaired) electrons. The van der Waals surface area contributed by atoms with Crippen molar-refractivity contribution >= 4 is 11.8 Å². The van der Waals surface area contributed by atoms with E-state index >= 15 is 0 Å². The zero-order valence-corrected chi connectivity index (χ0v) is 18.3. The van der Waals surface area contributed by atoms with E-state index in [9.17, 15) is 35.9 Å². The summed E-state index contributed by atoms with van der Waals surface area (Å²) in [5.41, 5.74) is -6.56. The first-order valence-electron chi connectivity index (χ1n) is 10.0. The Bertz CT molecular complexity index is 1200. The number of benzene rings is 3. The van der Waals surface area contributed by atoms with Crippen LogP contribution < -0.4 is 9.47 Å². The zero-order chi connectivity index (χ0) is 26.0. The van der Waals surface area contributed by atoms with Crippen LogP contribution in [0.3, 0.4) is 0 Å². The van der Waals surface area contributed by atoms with Crippen LogP contribution >= 0.6 is 0 Å². The molecule has 3 rings (SSSR count). The standard InChI is InChI=1S/C25H18F6O4/c1-15(32)20-5-3-4-6-21(20)22(33)35-19-13-9-17(10-14-19)23(24(26,27)28,25(29,30)31)16-7-11-18(34-2)12-8-16/h3-14H,1-2H3. The van der Waals surface area contributed by atoms with Crippen molar-refractivity contribution in [2.24, 2.45) is 0 Å². The first kappa shape index (κ1) is 25.8. The van der Waals surface area contributed by atoms with Crippen LogP contribution in [-0.2, 0) is 5.41 Å². The summed E-state index contributed by atoms with van der Waals surface area (Å²) in [6.45, 7) is 1.23. The molecule has 0 saturated heterocycles. The third kappa shape index (κ3) is 4.73. The quantitative estimate of drug-likeness (QED) is 0.169. The summed E-state index contributed by atoms with van der Waals surface area (Å²) in [5, 5.41) is 0. The van der Waals surface area contributed by atoms with Crippen molar-refractivity contribution in [3.63, 3.8) is 0 Å². The fraction of sp³-hybridized carbons (Fsp3) is 0.200. The second kappa shape index (κ2) is 9.44. The number of Topliss-reactive ketones (excluding diaryl/α,β-unsaturated/α-hetero) is 1. The van der Waals surface area contributed by atoms with Gasteiger partial charge in [0.2, 0.25) is 5.41 Å². The van der Waals surface area contributed by atoms with Crippen LogP contribution in [0.25, 0.3) is 0 Å². The predicted octanol–water partition coefficient (Wildman–Crippen LogP) is 6.53. The van der Waals surface area contributed by atoms with Gasteiger partial charge in [0.25, 0.3) is 0 Å². The molecule has 0 aliphatic heterocycles. The van der Waals surface area contributed by atoms with Crippen molar-refractivity contribution in [1.82, 2.24) is 0 Å². The number of methoxy groups -OCH3 is 1. The van der Waals surface area contributed by atoms with Gasteiger partial charge in [-0.1, -0.05) is 42.5 Å². The van der Waals surface area contributed by atoms with Crippen LogP contribution in [-0.4, -0.2) is 31.2 Å². The molecule has 184 valence electrons. The molecule has 0 heterocycles. The highest BCUT2D eigenvalue weighted by Gasteiger charge is 2.72. The molecule has 4 nitrogen and oxygen atoms in total. The number of esters is 1. The SMILES string of the molecule is COc1ccc(C(c2ccc(OC(=O)c3ccccc3C(C)=O)cc2)(C(F)(F)F)C(F)(F)F)cc1. The topological polar surface area (TPSA) is 52.6 Å². The van der Waals surface area contributed by atoms with Crippen molar-refractivity contribution in [3.05, 3.63) is 95.1 Å². The lowest BCUT2D eigenvalue weighted by molar-refractivity contribution is -0.288. The minimum Gasteiger partial charge on any atom is -0.497 e. The number of hydrogen-bond donors (Lipinski definition) is 0. The van der Waals surface area contributed by atoms with Crippen LogP contribution in [0.15, 0.2) is 72.8 Å². The summed E-state index contributed by atoms with van der Waals surface area (Å²) in [7, 11) is 1.23. The summed E-state index contributed by atoms with van der Waals surface area (Å²) < 4.78 is 95.2. The van der Waals surface area contributed by atoms with Gasteiger partial charge >= 0.3 is 18.3 Å². The van der Waals surface area contributed by atoms with Crippen LogP contribution in [0.4, 0.5) is 26.3 Å². The number of halogens is 6. The Morgan fingerprint density at radius 3 is 1.49 bits per heavy atom. The largest absolute Gasteiger partial charge is 0.497 e. The average Bonchev–Trinajstić information content (AvgIpc) is 2.79. The average molecular weight is 496 g/mol. The molecule has 0 fully saturated rings. The number of carbonyl (C=O) groups excluding carboxylic acids is 2. The number of alkyl halides is 6. The molecule has 10 heteroatoms. The Balaban J connectivity index is 2.05. The molecule has 0 atom stereocenters. The zero-order valence-electron chi connectivity index (χ0n) is 18.3. The minimum absolute atomic E-state index is 0.0572. The van der Waals surface area contributed by atoms with Gasteiger partial charge in [-0.3, -0.25) is 4.79 Å². The Labute approximate surface area is 196 Å². The fourth-order valence-corrected chi connectivity index (χ4v) is 3.73. The molecule has 0 N–H and O–H groups in total. The molecule has 0 unspecified atom stereocenters. The molecule has 0 saturated carbocycles. The summed E-state index contributed by atoms with van der Waals surface area (Å²) in [6.07, 6.45) is -11.5. The molecule has 0 amide bonds. The fourth-order valence-electron chi connectivity index (χ4n) is 3.73. The van der Waals surface area contributed by atoms with Crippen LogP contribution in [0.2, 0.25) is 0 Å². The van der Waals surface area contributed by atoms with Crippen LogP contribution in [0.1, 0.15) is 38.8 Å². The molecule has 0 spiro atoms. The Kier molecular flexibility index (Phi) is 6.96. The normalized spacial score (nSPS) is 12.2. The molecular formula is C25H18F6O4. The van der Waals surface area contributed by atoms with Gasteiger partial charge in [-0.05, 0) is 48.4 Å². The third-order valence-electron chi connectivity index (χ3n) is 5.40. The number of carbonyl (C=O) groups is 2. The van der Waals surface area contributed by atoms with E-state index in [1.165, 1.54) is 38.3 Å². The van der Waals surface area contributed by atoms with Crippen molar-refractivity contribution in [2.75, 3.05) is 7.11 Å². The van der Waals surface area contributed by atoms with E-state index in [1.807, 2.05) is 0 Å². The maximum atomic E-state index is 14.2. The molecule has 3 aromatic carbocycles. The van der Waals surface area contributed by atoms with Crippen molar-refractivity contribution in [2.45, 2.75) is 24.7 Å². The smallest absolute Gasteiger partial charge is 0.411 e. The number of ether oxygens (including phenoxy) is 2. The molecule has 0 aliphatic rings. The Morgan fingerprint density at radius 1 is 0.657 bits per heavy atom. The highest BCUT2D eigenvalue weighted by molar-refractivity contribution is 6.05. The summed E-state index contributed by atoms with van der Waals surface area (Å²) in [4.78, 5) is 24.2. The molecule has 3 aromatic rings. The van der Waals surface area contributed by atoms with Gasteiger partial charge in [0.05, 0.1) is 12.7 Å². The van der Waals surface area contributed by atoms with Crippen molar-refractivity contribution < 1.29 is 45.4 Å². The Hall–Kier alpha value is -3.82. The van der Waals surface area contributed by atoms with E-state index in [-0.39, 0.29) is 22.6 Å². The molecule has 0 bridgehead atoms. The van der Waals surface area contributed by atoms with Gasteiger partial charge in [-0.2, -0.15) is 26.3 Å². The van der Waals surface area contributed by atoms with Crippen molar-refractivity contribution in [3.8, 4) is 11.5 Å². The first-order chi connectivity index (χ1) is 16.3. The summed E-state index contributed by atoms with van der Waals surface area (Å²) in [6, 6.07) is 12.0. The molecule has 35 heavy (non-hydrogen) atoms. The van der Waals surface area contributed by atoms with Gasteiger partial charge in [0.1, 0.15) is 11.5 Å². The maximum absolute atomic E-state index is 14.2. The summed E-state index contributed by atoms with van der Waals surface area (Å²) in [5.74, 6) is -1.63. The molecule has 0 aliphatic carbocycles. The van der Waals surface area contributed by atoms with E-state index in [1.54, 1.807) is 0 Å². The van der Waals surface area contributed by atoms with Gasteiger partial charge in [0, 0.05) is 5.56 Å². The van der Waals surface area contributed by atoms with E-state index in [2.05, 4.69) is 0 Å². The van der Waals surface area contributed by atoms with E-state index in [0.29, 0.717) is 24.3 Å². The van der Waals surface area contributed by atoms with Crippen LogP contribution in [0.5, 0.6) is 11.5 Å². The first-order valence-corrected chi connectivity index (χ1v) is 10.0. The predicted molar refractivity (Wildman–Crippen MR) is 114 cm³/mol. The number of hydrogen-bond acceptors (Lipinski definition) is 4. The van der Waals surface area contributed by atoms with E-state index in [4.69, 9.17) is 9.47 Å². The minimum atomic E-state index is -5.77. The summed E-state index contributed by atoms with van der Waals surface area (Å²) >= 11 is 0. The third-order valence-corrected chi connectivity index (χ3v) is 5.40. The highest BCUT2D eigenvalue weighted by Crippen LogP contribution is 2.56. The van der Waals surface area contributed by atoms with Crippen LogP contribution in [0, 0.1) is 0 Å².